The van der Waals surface area contributed by atoms with Gasteiger partial charge in [0.1, 0.15) is 31.0 Å². The maximum Gasteiger partial charge on any atom is 0.377 e. The Morgan fingerprint density at radius 1 is 1.18 bits per heavy atom. The van der Waals surface area contributed by atoms with Crippen LogP contribution in [0.4, 0.5) is 0 Å². The first-order valence-electron chi connectivity index (χ1n) is 6.52. The molecule has 1 aliphatic rings. The van der Waals surface area contributed by atoms with Gasteiger partial charge in [0.05, 0.1) is 19.8 Å². The molecule has 0 aromatic heterocycles. The van der Waals surface area contributed by atoms with Gasteiger partial charge in [-0.3, -0.25) is 4.79 Å². The molecule has 1 aromatic rings. The van der Waals surface area contributed by atoms with Crippen molar-refractivity contribution in [3.63, 3.8) is 0 Å². The lowest BCUT2D eigenvalue weighted by Gasteiger charge is -2.14. The number of ketones is 1. The third-order valence-electron chi connectivity index (χ3n) is 2.89. The molecular weight excluding hydrogens is 292 g/mol. The van der Waals surface area contributed by atoms with Gasteiger partial charge in [0.2, 0.25) is 11.5 Å². The van der Waals surface area contributed by atoms with Crippen LogP contribution in [-0.2, 0) is 19.0 Å². The Morgan fingerprint density at radius 2 is 2.00 bits per heavy atom. The molecule has 7 heteroatoms. The fraction of sp³-hybridized carbons (Fsp3) is 0.333. The zero-order valence-electron chi connectivity index (χ0n) is 12.3. The van der Waals surface area contributed by atoms with E-state index in [0.29, 0.717) is 23.7 Å². The van der Waals surface area contributed by atoms with E-state index >= 15 is 0 Å². The number of methoxy groups -OCH3 is 2. The van der Waals surface area contributed by atoms with Gasteiger partial charge in [-0.1, -0.05) is 0 Å². The number of esters is 1. The van der Waals surface area contributed by atoms with Gasteiger partial charge in [0.25, 0.3) is 0 Å². The molecule has 118 valence electrons. The second kappa shape index (κ2) is 7.35. The van der Waals surface area contributed by atoms with E-state index in [1.807, 2.05) is 0 Å². The normalized spacial score (nSPS) is 13.3. The highest BCUT2D eigenvalue weighted by atomic mass is 16.6. The lowest BCUT2D eigenvalue weighted by Crippen LogP contribution is -2.20. The number of carbonyl (C=O) groups excluding carboxylic acids is 2. The molecule has 0 fully saturated rings. The molecule has 0 atom stereocenters. The first-order valence-corrected chi connectivity index (χ1v) is 6.52. The highest BCUT2D eigenvalue weighted by Crippen LogP contribution is 2.25. The summed E-state index contributed by atoms with van der Waals surface area (Å²) >= 11 is 0. The molecule has 0 radical (unpaired) electrons. The number of rotatable bonds is 6. The van der Waals surface area contributed by atoms with E-state index in [2.05, 4.69) is 0 Å². The minimum atomic E-state index is -0.750. The van der Waals surface area contributed by atoms with Crippen molar-refractivity contribution >= 4 is 11.8 Å². The molecule has 0 spiro atoms. The number of benzene rings is 1. The molecule has 22 heavy (non-hydrogen) atoms. The summed E-state index contributed by atoms with van der Waals surface area (Å²) < 4.78 is 25.1. The van der Waals surface area contributed by atoms with E-state index in [0.717, 1.165) is 0 Å². The highest BCUT2D eigenvalue weighted by molar-refractivity contribution is 6.01. The molecule has 1 aromatic carbocycles. The Hall–Kier alpha value is -2.70. The van der Waals surface area contributed by atoms with Gasteiger partial charge in [0.15, 0.2) is 6.61 Å². The molecule has 1 aliphatic heterocycles. The minimum absolute atomic E-state index is 0.0549. The monoisotopic (exact) mass is 308 g/mol. The summed E-state index contributed by atoms with van der Waals surface area (Å²) in [4.78, 5) is 23.8. The van der Waals surface area contributed by atoms with E-state index in [1.165, 1.54) is 20.5 Å². The van der Waals surface area contributed by atoms with Crippen molar-refractivity contribution < 1.29 is 33.3 Å². The van der Waals surface area contributed by atoms with Crippen LogP contribution < -0.4 is 9.47 Å². The molecule has 0 saturated carbocycles. The predicted molar refractivity (Wildman–Crippen MR) is 74.8 cm³/mol. The smallest absolute Gasteiger partial charge is 0.377 e. The van der Waals surface area contributed by atoms with Crippen LogP contribution in [-0.4, -0.2) is 45.8 Å². The molecule has 0 aliphatic carbocycles. The average molecular weight is 308 g/mol. The minimum Gasteiger partial charge on any atom is -0.497 e. The average Bonchev–Trinajstić information content (AvgIpc) is 2.59. The van der Waals surface area contributed by atoms with E-state index in [4.69, 9.17) is 23.7 Å². The molecule has 2 rings (SSSR count). The topological polar surface area (TPSA) is 80.3 Å². The van der Waals surface area contributed by atoms with Crippen molar-refractivity contribution in [3.8, 4) is 11.5 Å². The quantitative estimate of drug-likeness (QED) is 0.579. The van der Waals surface area contributed by atoms with Crippen molar-refractivity contribution in [2.45, 2.75) is 0 Å². The molecule has 7 nitrogen and oxygen atoms in total. The number of ether oxygens (including phenoxy) is 5. The zero-order valence-corrected chi connectivity index (χ0v) is 12.3. The van der Waals surface area contributed by atoms with Crippen LogP contribution in [0.25, 0.3) is 0 Å². The number of hydrogen-bond acceptors (Lipinski definition) is 7. The van der Waals surface area contributed by atoms with E-state index in [1.54, 1.807) is 18.2 Å². The van der Waals surface area contributed by atoms with E-state index in [-0.39, 0.29) is 12.4 Å². The van der Waals surface area contributed by atoms with Gasteiger partial charge in [0, 0.05) is 6.07 Å². The predicted octanol–water partition coefficient (Wildman–Crippen LogP) is 1.32. The summed E-state index contributed by atoms with van der Waals surface area (Å²) in [5.41, 5.74) is 0.297. The highest BCUT2D eigenvalue weighted by Gasteiger charge is 2.20. The number of carbonyl (C=O) groups is 2. The fourth-order valence-corrected chi connectivity index (χ4v) is 1.78. The van der Waals surface area contributed by atoms with Crippen molar-refractivity contribution in [1.29, 1.82) is 0 Å². The van der Waals surface area contributed by atoms with Crippen LogP contribution in [0.3, 0.4) is 0 Å². The second-order valence-electron chi connectivity index (χ2n) is 4.27. The summed E-state index contributed by atoms with van der Waals surface area (Å²) in [6, 6.07) is 4.75. The van der Waals surface area contributed by atoms with Crippen LogP contribution in [0.5, 0.6) is 11.5 Å². The Kier molecular flexibility index (Phi) is 5.24. The Balaban J connectivity index is 2.00. The Morgan fingerprint density at radius 3 is 2.64 bits per heavy atom. The molecule has 0 unspecified atom stereocenters. The maximum absolute atomic E-state index is 12.1. The largest absolute Gasteiger partial charge is 0.497 e. The first kappa shape index (κ1) is 15.7. The summed E-state index contributed by atoms with van der Waals surface area (Å²) in [5.74, 6) is -0.299. The second-order valence-corrected chi connectivity index (χ2v) is 4.27. The van der Waals surface area contributed by atoms with Gasteiger partial charge in [-0.25, -0.2) is 4.79 Å². The van der Waals surface area contributed by atoms with E-state index < -0.39 is 18.4 Å². The molecule has 0 N–H and O–H groups in total. The Labute approximate surface area is 127 Å². The lowest BCUT2D eigenvalue weighted by atomic mass is 10.1. The molecule has 1 heterocycles. The summed E-state index contributed by atoms with van der Waals surface area (Å²) in [6.07, 6.45) is 1.17. The van der Waals surface area contributed by atoms with Crippen molar-refractivity contribution in [3.05, 3.63) is 35.8 Å². The summed E-state index contributed by atoms with van der Waals surface area (Å²) in [7, 11) is 2.95. The molecule has 0 amide bonds. The fourth-order valence-electron chi connectivity index (χ4n) is 1.78. The summed E-state index contributed by atoms with van der Waals surface area (Å²) in [6.45, 7) is 0.210. The van der Waals surface area contributed by atoms with E-state index in [9.17, 15) is 9.59 Å². The zero-order chi connectivity index (χ0) is 15.9. The number of Topliss-reactive ketones (excluding diaryl/α,β-unsaturated/α-hetero) is 1. The van der Waals surface area contributed by atoms with Gasteiger partial charge >= 0.3 is 5.97 Å². The van der Waals surface area contributed by atoms with Crippen molar-refractivity contribution in [1.82, 2.24) is 0 Å². The van der Waals surface area contributed by atoms with Gasteiger partial charge in [-0.15, -0.1) is 0 Å². The number of hydrogen-bond donors (Lipinski definition) is 0. The molecule has 0 saturated heterocycles. The van der Waals surface area contributed by atoms with Crippen molar-refractivity contribution in [2.24, 2.45) is 0 Å². The first-order chi connectivity index (χ1) is 10.7. The van der Waals surface area contributed by atoms with Crippen molar-refractivity contribution in [2.75, 3.05) is 34.0 Å². The maximum atomic E-state index is 12.1. The third-order valence-corrected chi connectivity index (χ3v) is 2.89. The van der Waals surface area contributed by atoms with Crippen LogP contribution >= 0.6 is 0 Å². The molecule has 0 bridgehead atoms. The Bertz CT molecular complexity index is 592. The molecular formula is C15H16O7. The van der Waals surface area contributed by atoms with Crippen LogP contribution in [0.1, 0.15) is 10.4 Å². The van der Waals surface area contributed by atoms with Gasteiger partial charge in [-0.2, -0.15) is 0 Å². The van der Waals surface area contributed by atoms with Crippen LogP contribution in [0.2, 0.25) is 0 Å². The van der Waals surface area contributed by atoms with Crippen LogP contribution in [0.15, 0.2) is 30.2 Å². The third kappa shape index (κ3) is 3.69. The summed E-state index contributed by atoms with van der Waals surface area (Å²) in [5, 5.41) is 0. The lowest BCUT2D eigenvalue weighted by molar-refractivity contribution is -0.143. The van der Waals surface area contributed by atoms with Gasteiger partial charge in [-0.05, 0) is 12.1 Å². The SMILES string of the molecule is COc1ccc(C(=O)COC(=O)C2=COCCO2)c(OC)c1. The van der Waals surface area contributed by atoms with Gasteiger partial charge < -0.3 is 23.7 Å². The van der Waals surface area contributed by atoms with Crippen LogP contribution in [0, 0.1) is 0 Å². The standard InChI is InChI=1S/C15H16O7/c1-18-10-3-4-11(13(7-10)19-2)12(16)8-22-15(17)14-9-20-5-6-21-14/h3-4,7,9H,5-6,8H2,1-2H3.